The van der Waals surface area contributed by atoms with Gasteiger partial charge < -0.3 is 14.2 Å². The van der Waals surface area contributed by atoms with Gasteiger partial charge in [0.25, 0.3) is 0 Å². The van der Waals surface area contributed by atoms with E-state index in [2.05, 4.69) is 67.7 Å². The fourth-order valence-electron chi connectivity index (χ4n) is 3.13. The van der Waals surface area contributed by atoms with Crippen molar-refractivity contribution in [2.45, 2.75) is 33.4 Å². The number of imidazole rings is 1. The number of aromatic nitrogens is 2. The number of fused-ring (bicyclic) bond motifs is 1. The summed E-state index contributed by atoms with van der Waals surface area (Å²) >= 11 is 0. The van der Waals surface area contributed by atoms with Crippen LogP contribution >= 0.6 is 0 Å². The Balaban J connectivity index is 1.81. The lowest BCUT2D eigenvalue weighted by Crippen LogP contribution is -2.16. The minimum Gasteiger partial charge on any atom is -0.485 e. The summed E-state index contributed by atoms with van der Waals surface area (Å²) in [6.07, 6.45) is 1.09. The molecule has 0 atom stereocenters. The molecule has 0 amide bonds. The van der Waals surface area contributed by atoms with E-state index < -0.39 is 0 Å². The molecule has 0 bridgehead atoms. The van der Waals surface area contributed by atoms with Gasteiger partial charge in [-0.2, -0.15) is 0 Å². The van der Waals surface area contributed by atoms with Crippen molar-refractivity contribution in [1.29, 1.82) is 0 Å². The minimum atomic E-state index is 0.487. The molecule has 1 aromatic heterocycles. The smallest absolute Gasteiger partial charge is 0.147 e. The summed E-state index contributed by atoms with van der Waals surface area (Å²) in [6, 6.07) is 14.6. The summed E-state index contributed by atoms with van der Waals surface area (Å²) in [4.78, 5) is 7.01. The molecule has 132 valence electrons. The molecule has 25 heavy (non-hydrogen) atoms. The molecule has 0 saturated carbocycles. The van der Waals surface area contributed by atoms with Crippen molar-refractivity contribution < 1.29 is 4.74 Å². The molecule has 4 nitrogen and oxygen atoms in total. The third-order valence-corrected chi connectivity index (χ3v) is 4.41. The Hall–Kier alpha value is -2.33. The third kappa shape index (κ3) is 4.20. The van der Waals surface area contributed by atoms with Crippen LogP contribution in [0.1, 0.15) is 23.4 Å². The molecule has 0 saturated heterocycles. The van der Waals surface area contributed by atoms with Crippen LogP contribution in [0.4, 0.5) is 0 Å². The fraction of sp³-hybridized carbons (Fsp3) is 0.381. The van der Waals surface area contributed by atoms with Crippen LogP contribution in [0.25, 0.3) is 11.0 Å². The van der Waals surface area contributed by atoms with Crippen molar-refractivity contribution in [1.82, 2.24) is 14.5 Å². The lowest BCUT2D eigenvalue weighted by molar-refractivity contribution is 0.286. The first kappa shape index (κ1) is 17.5. The quantitative estimate of drug-likeness (QED) is 0.648. The van der Waals surface area contributed by atoms with E-state index in [9.17, 15) is 0 Å². The van der Waals surface area contributed by atoms with E-state index in [1.165, 1.54) is 11.1 Å². The summed E-state index contributed by atoms with van der Waals surface area (Å²) in [6.45, 7) is 6.68. The monoisotopic (exact) mass is 337 g/mol. The highest BCUT2D eigenvalue weighted by Gasteiger charge is 2.11. The molecule has 2 aromatic carbocycles. The Morgan fingerprint density at radius 3 is 2.64 bits per heavy atom. The maximum absolute atomic E-state index is 6.08. The normalized spacial score (nSPS) is 11.4. The average molecular weight is 337 g/mol. The van der Waals surface area contributed by atoms with E-state index in [-0.39, 0.29) is 0 Å². The van der Waals surface area contributed by atoms with Gasteiger partial charge in [0.15, 0.2) is 0 Å². The molecule has 0 aliphatic heterocycles. The van der Waals surface area contributed by atoms with Gasteiger partial charge in [0.2, 0.25) is 0 Å². The molecule has 0 spiro atoms. The number of aryl methyl sites for hydroxylation is 3. The van der Waals surface area contributed by atoms with E-state index in [1.54, 1.807) is 0 Å². The number of ether oxygens (including phenoxy) is 1. The van der Waals surface area contributed by atoms with Crippen LogP contribution in [0.5, 0.6) is 5.75 Å². The zero-order valence-electron chi connectivity index (χ0n) is 15.6. The first-order valence-electron chi connectivity index (χ1n) is 8.83. The summed E-state index contributed by atoms with van der Waals surface area (Å²) in [5.74, 6) is 1.91. The second kappa shape index (κ2) is 7.70. The van der Waals surface area contributed by atoms with E-state index in [0.29, 0.717) is 6.61 Å². The standard InChI is InChI=1S/C21H27N3O/c1-16-10-11-20(17(2)14-16)25-15-21-22-18-8-5-6-9-19(18)24(21)13-7-12-23(3)4/h5-6,8-11,14H,7,12-13,15H2,1-4H3. The number of benzene rings is 2. The average Bonchev–Trinajstić information content (AvgIpc) is 2.92. The van der Waals surface area contributed by atoms with Crippen LogP contribution in [0.2, 0.25) is 0 Å². The molecule has 0 aliphatic carbocycles. The second-order valence-electron chi connectivity index (χ2n) is 6.88. The Kier molecular flexibility index (Phi) is 5.39. The van der Waals surface area contributed by atoms with E-state index in [0.717, 1.165) is 42.2 Å². The predicted molar refractivity (Wildman–Crippen MR) is 103 cm³/mol. The van der Waals surface area contributed by atoms with Gasteiger partial charge in [-0.05, 0) is 64.7 Å². The number of nitrogens with zero attached hydrogens (tertiary/aromatic N) is 3. The van der Waals surface area contributed by atoms with Gasteiger partial charge in [-0.3, -0.25) is 0 Å². The Labute approximate surface area is 150 Å². The van der Waals surface area contributed by atoms with Crippen LogP contribution in [0, 0.1) is 13.8 Å². The molecule has 3 aromatic rings. The van der Waals surface area contributed by atoms with Gasteiger partial charge in [0, 0.05) is 6.54 Å². The van der Waals surface area contributed by atoms with E-state index in [1.807, 2.05) is 12.1 Å². The maximum Gasteiger partial charge on any atom is 0.147 e. The van der Waals surface area contributed by atoms with Gasteiger partial charge in [0.1, 0.15) is 18.2 Å². The van der Waals surface area contributed by atoms with E-state index >= 15 is 0 Å². The fourth-order valence-corrected chi connectivity index (χ4v) is 3.13. The Morgan fingerprint density at radius 1 is 1.08 bits per heavy atom. The molecular formula is C21H27N3O. The SMILES string of the molecule is Cc1ccc(OCc2nc3ccccc3n2CCCN(C)C)c(C)c1. The highest BCUT2D eigenvalue weighted by atomic mass is 16.5. The summed E-state index contributed by atoms with van der Waals surface area (Å²) in [7, 11) is 4.21. The van der Waals surface area contributed by atoms with Crippen LogP contribution < -0.4 is 4.74 Å². The molecular weight excluding hydrogens is 310 g/mol. The predicted octanol–water partition coefficient (Wildman–Crippen LogP) is 4.18. The van der Waals surface area contributed by atoms with Crippen LogP contribution in [0.15, 0.2) is 42.5 Å². The Morgan fingerprint density at radius 2 is 1.88 bits per heavy atom. The Bertz CT molecular complexity index is 851. The number of hydrogen-bond donors (Lipinski definition) is 0. The van der Waals surface area contributed by atoms with Crippen LogP contribution in [-0.2, 0) is 13.2 Å². The van der Waals surface area contributed by atoms with Crippen molar-refractivity contribution in [3.63, 3.8) is 0 Å². The van der Waals surface area contributed by atoms with Crippen LogP contribution in [0.3, 0.4) is 0 Å². The van der Waals surface area contributed by atoms with Crippen molar-refractivity contribution in [3.05, 3.63) is 59.4 Å². The third-order valence-electron chi connectivity index (χ3n) is 4.41. The molecule has 0 unspecified atom stereocenters. The first-order chi connectivity index (χ1) is 12.0. The maximum atomic E-state index is 6.08. The van der Waals surface area contributed by atoms with Gasteiger partial charge in [-0.1, -0.05) is 29.8 Å². The molecule has 0 N–H and O–H groups in total. The van der Waals surface area contributed by atoms with Gasteiger partial charge in [-0.15, -0.1) is 0 Å². The summed E-state index contributed by atoms with van der Waals surface area (Å²) in [5.41, 5.74) is 4.63. The van der Waals surface area contributed by atoms with Crippen molar-refractivity contribution in [2.75, 3.05) is 20.6 Å². The lowest BCUT2D eigenvalue weighted by atomic mass is 10.1. The zero-order valence-corrected chi connectivity index (χ0v) is 15.6. The lowest BCUT2D eigenvalue weighted by Gasteiger charge is -2.14. The molecule has 0 radical (unpaired) electrons. The van der Waals surface area contributed by atoms with Crippen molar-refractivity contribution in [3.8, 4) is 5.75 Å². The molecule has 0 aliphatic rings. The molecule has 0 fully saturated rings. The zero-order chi connectivity index (χ0) is 17.8. The largest absolute Gasteiger partial charge is 0.485 e. The number of rotatable bonds is 7. The molecule has 4 heteroatoms. The number of para-hydroxylation sites is 2. The summed E-state index contributed by atoms with van der Waals surface area (Å²) < 4.78 is 8.38. The van der Waals surface area contributed by atoms with E-state index in [4.69, 9.17) is 9.72 Å². The van der Waals surface area contributed by atoms with Gasteiger partial charge in [-0.25, -0.2) is 4.98 Å². The molecule has 1 heterocycles. The summed E-state index contributed by atoms with van der Waals surface area (Å²) in [5, 5.41) is 0. The topological polar surface area (TPSA) is 30.3 Å². The minimum absolute atomic E-state index is 0.487. The van der Waals surface area contributed by atoms with Gasteiger partial charge in [0.05, 0.1) is 11.0 Å². The second-order valence-corrected chi connectivity index (χ2v) is 6.88. The van der Waals surface area contributed by atoms with Crippen LogP contribution in [-0.4, -0.2) is 35.1 Å². The van der Waals surface area contributed by atoms with Gasteiger partial charge >= 0.3 is 0 Å². The molecule has 3 rings (SSSR count). The van der Waals surface area contributed by atoms with Crippen molar-refractivity contribution in [2.24, 2.45) is 0 Å². The highest BCUT2D eigenvalue weighted by Crippen LogP contribution is 2.22. The highest BCUT2D eigenvalue weighted by molar-refractivity contribution is 5.75. The number of hydrogen-bond acceptors (Lipinski definition) is 3. The van der Waals surface area contributed by atoms with Crippen molar-refractivity contribution >= 4 is 11.0 Å². The first-order valence-corrected chi connectivity index (χ1v) is 8.83.